The van der Waals surface area contributed by atoms with Crippen LogP contribution in [0, 0.1) is 11.6 Å². The average molecular weight is 394 g/mol. The van der Waals surface area contributed by atoms with Gasteiger partial charge in [0.2, 0.25) is 0 Å². The molecule has 29 heavy (non-hydrogen) atoms. The summed E-state index contributed by atoms with van der Waals surface area (Å²) in [6.07, 6.45) is 1.65. The Morgan fingerprint density at radius 1 is 0.897 bits per heavy atom. The van der Waals surface area contributed by atoms with Gasteiger partial charge in [0, 0.05) is 31.9 Å². The monoisotopic (exact) mass is 394 g/mol. The summed E-state index contributed by atoms with van der Waals surface area (Å²) in [6.45, 7) is 2.85. The molecule has 1 amide bonds. The molecule has 2 aromatic carbocycles. The van der Waals surface area contributed by atoms with Crippen molar-refractivity contribution in [3.8, 4) is 0 Å². The van der Waals surface area contributed by atoms with E-state index in [0.717, 1.165) is 18.8 Å². The van der Waals surface area contributed by atoms with Crippen molar-refractivity contribution in [3.63, 3.8) is 0 Å². The van der Waals surface area contributed by atoms with Crippen LogP contribution in [-0.2, 0) is 0 Å². The number of piperazine rings is 1. The Morgan fingerprint density at radius 3 is 2.34 bits per heavy atom. The molecule has 0 aliphatic carbocycles. The van der Waals surface area contributed by atoms with Crippen molar-refractivity contribution in [2.75, 3.05) is 41.3 Å². The molecule has 0 atom stereocenters. The number of para-hydroxylation sites is 1. The Bertz CT molecular complexity index is 1000. The van der Waals surface area contributed by atoms with E-state index in [1.54, 1.807) is 30.5 Å². The molecular weight excluding hydrogens is 374 g/mol. The first-order chi connectivity index (χ1) is 14.1. The molecule has 0 radical (unpaired) electrons. The third-order valence-electron chi connectivity index (χ3n) is 4.90. The quantitative estimate of drug-likeness (QED) is 0.728. The maximum absolute atomic E-state index is 14.0. The van der Waals surface area contributed by atoms with Crippen LogP contribution in [0.15, 0.2) is 66.9 Å². The van der Waals surface area contributed by atoms with Gasteiger partial charge in [-0.2, -0.15) is 0 Å². The number of anilines is 3. The lowest BCUT2D eigenvalue weighted by Gasteiger charge is -2.37. The lowest BCUT2D eigenvalue weighted by atomic mass is 10.2. The first kappa shape index (κ1) is 18.9. The van der Waals surface area contributed by atoms with Crippen LogP contribution in [0.5, 0.6) is 0 Å². The van der Waals surface area contributed by atoms with Crippen LogP contribution < -0.4 is 15.1 Å². The molecule has 0 bridgehead atoms. The number of carbonyl (C=O) groups is 1. The zero-order valence-corrected chi connectivity index (χ0v) is 15.7. The van der Waals surface area contributed by atoms with Gasteiger partial charge in [-0.1, -0.05) is 18.2 Å². The zero-order chi connectivity index (χ0) is 20.2. The van der Waals surface area contributed by atoms with E-state index in [-0.39, 0.29) is 11.5 Å². The van der Waals surface area contributed by atoms with Gasteiger partial charge in [-0.15, -0.1) is 0 Å². The van der Waals surface area contributed by atoms with E-state index in [4.69, 9.17) is 0 Å². The highest BCUT2D eigenvalue weighted by Crippen LogP contribution is 2.22. The number of carbonyl (C=O) groups excluding carboxylic acids is 1. The Labute approximate surface area is 167 Å². The molecule has 1 fully saturated rings. The Hall–Kier alpha value is -3.48. The minimum Gasteiger partial charge on any atom is -0.367 e. The first-order valence-corrected chi connectivity index (χ1v) is 9.37. The summed E-state index contributed by atoms with van der Waals surface area (Å²) in [7, 11) is 0. The summed E-state index contributed by atoms with van der Waals surface area (Å²) < 4.78 is 27.2. The smallest absolute Gasteiger partial charge is 0.274 e. The summed E-state index contributed by atoms with van der Waals surface area (Å²) in [5.74, 6) is -1.02. The van der Waals surface area contributed by atoms with Gasteiger partial charge in [0.15, 0.2) is 0 Å². The first-order valence-electron chi connectivity index (χ1n) is 9.37. The number of aromatic nitrogens is 1. The zero-order valence-electron chi connectivity index (χ0n) is 15.7. The molecule has 3 aromatic rings. The van der Waals surface area contributed by atoms with Crippen molar-refractivity contribution in [2.24, 2.45) is 0 Å². The summed E-state index contributed by atoms with van der Waals surface area (Å²) in [5, 5.41) is 2.63. The van der Waals surface area contributed by atoms with Crippen molar-refractivity contribution in [2.45, 2.75) is 0 Å². The summed E-state index contributed by atoms with van der Waals surface area (Å²) in [6, 6.07) is 16.0. The molecular formula is C22H20F2N4O. The van der Waals surface area contributed by atoms with Crippen molar-refractivity contribution in [3.05, 3.63) is 84.2 Å². The van der Waals surface area contributed by atoms with Gasteiger partial charge in [0.25, 0.3) is 5.91 Å². The highest BCUT2D eigenvalue weighted by Gasteiger charge is 2.20. The maximum atomic E-state index is 14.0. The van der Waals surface area contributed by atoms with Gasteiger partial charge >= 0.3 is 0 Å². The van der Waals surface area contributed by atoms with E-state index < -0.39 is 11.7 Å². The van der Waals surface area contributed by atoms with Crippen LogP contribution in [0.3, 0.4) is 0 Å². The number of benzene rings is 2. The second kappa shape index (κ2) is 8.26. The third-order valence-corrected chi connectivity index (χ3v) is 4.90. The SMILES string of the molecule is O=C(Nc1cccc(F)c1)c1ccc(N2CCN(c3ccccc3F)CC2)cn1. The number of amides is 1. The number of hydrogen-bond acceptors (Lipinski definition) is 4. The number of hydrogen-bond donors (Lipinski definition) is 1. The fourth-order valence-corrected chi connectivity index (χ4v) is 3.38. The largest absolute Gasteiger partial charge is 0.367 e. The molecule has 148 valence electrons. The fourth-order valence-electron chi connectivity index (χ4n) is 3.38. The molecule has 2 heterocycles. The molecule has 0 saturated carbocycles. The molecule has 0 unspecified atom stereocenters. The van der Waals surface area contributed by atoms with Crippen LogP contribution >= 0.6 is 0 Å². The predicted octanol–water partition coefficient (Wildman–Crippen LogP) is 3.94. The standard InChI is InChI=1S/C22H20F2N4O/c23-16-4-3-5-17(14-16)26-22(29)20-9-8-18(15-25-20)27-10-12-28(13-11-27)21-7-2-1-6-19(21)24/h1-9,14-15H,10-13H2,(H,26,29). The molecule has 1 aliphatic heterocycles. The van der Waals surface area contributed by atoms with Crippen molar-refractivity contribution in [1.29, 1.82) is 0 Å². The van der Waals surface area contributed by atoms with Crippen LogP contribution in [0.25, 0.3) is 0 Å². The molecule has 1 saturated heterocycles. The van der Waals surface area contributed by atoms with Crippen molar-refractivity contribution in [1.82, 2.24) is 4.98 Å². The summed E-state index contributed by atoms with van der Waals surface area (Å²) >= 11 is 0. The van der Waals surface area contributed by atoms with Crippen LogP contribution in [0.2, 0.25) is 0 Å². The molecule has 0 spiro atoms. The molecule has 5 nitrogen and oxygen atoms in total. The molecule has 7 heteroatoms. The minimum absolute atomic E-state index is 0.212. The fraction of sp³-hybridized carbons (Fsp3) is 0.182. The van der Waals surface area contributed by atoms with Gasteiger partial charge in [0.05, 0.1) is 17.6 Å². The maximum Gasteiger partial charge on any atom is 0.274 e. The van der Waals surface area contributed by atoms with E-state index in [9.17, 15) is 13.6 Å². The van der Waals surface area contributed by atoms with E-state index in [0.29, 0.717) is 24.5 Å². The van der Waals surface area contributed by atoms with Gasteiger partial charge in [-0.3, -0.25) is 4.79 Å². The van der Waals surface area contributed by atoms with Crippen LogP contribution in [0.1, 0.15) is 10.5 Å². The van der Waals surface area contributed by atoms with Gasteiger partial charge in [0.1, 0.15) is 17.3 Å². The molecule has 4 rings (SSSR count). The molecule has 1 N–H and O–H groups in total. The third kappa shape index (κ3) is 4.34. The number of pyridine rings is 1. The van der Waals surface area contributed by atoms with Crippen LogP contribution in [0.4, 0.5) is 25.8 Å². The Morgan fingerprint density at radius 2 is 1.66 bits per heavy atom. The second-order valence-electron chi connectivity index (χ2n) is 6.79. The summed E-state index contributed by atoms with van der Waals surface area (Å²) in [4.78, 5) is 20.7. The molecule has 1 aromatic heterocycles. The van der Waals surface area contributed by atoms with Crippen LogP contribution in [-0.4, -0.2) is 37.1 Å². The van der Waals surface area contributed by atoms with Crippen molar-refractivity contribution >= 4 is 23.0 Å². The van der Waals surface area contributed by atoms with Gasteiger partial charge in [-0.05, 0) is 42.5 Å². The Kier molecular flexibility index (Phi) is 5.37. The van der Waals surface area contributed by atoms with E-state index in [2.05, 4.69) is 15.2 Å². The lowest BCUT2D eigenvalue weighted by Crippen LogP contribution is -2.46. The summed E-state index contributed by atoms with van der Waals surface area (Å²) in [5.41, 5.74) is 2.16. The van der Waals surface area contributed by atoms with Gasteiger partial charge in [-0.25, -0.2) is 13.8 Å². The number of rotatable bonds is 4. The highest BCUT2D eigenvalue weighted by molar-refractivity contribution is 6.02. The predicted molar refractivity (Wildman–Crippen MR) is 109 cm³/mol. The van der Waals surface area contributed by atoms with E-state index >= 15 is 0 Å². The second-order valence-corrected chi connectivity index (χ2v) is 6.79. The van der Waals surface area contributed by atoms with E-state index in [1.807, 2.05) is 17.0 Å². The highest BCUT2D eigenvalue weighted by atomic mass is 19.1. The van der Waals surface area contributed by atoms with E-state index in [1.165, 1.54) is 24.3 Å². The Balaban J connectivity index is 1.37. The normalized spacial score (nSPS) is 14.0. The minimum atomic E-state index is -0.416. The van der Waals surface area contributed by atoms with Gasteiger partial charge < -0.3 is 15.1 Å². The van der Waals surface area contributed by atoms with Crippen molar-refractivity contribution < 1.29 is 13.6 Å². The average Bonchev–Trinajstić information content (AvgIpc) is 2.74. The topological polar surface area (TPSA) is 48.5 Å². The number of nitrogens with one attached hydrogen (secondary N) is 1. The molecule has 1 aliphatic rings. The lowest BCUT2D eigenvalue weighted by molar-refractivity contribution is 0.102. The number of nitrogens with zero attached hydrogens (tertiary/aromatic N) is 3. The number of halogens is 2.